The zero-order chi connectivity index (χ0) is 23.7. The molecule has 0 unspecified atom stereocenters. The van der Waals surface area contributed by atoms with Gasteiger partial charge >= 0.3 is 0 Å². The molecule has 0 aliphatic carbocycles. The predicted molar refractivity (Wildman–Crippen MR) is 135 cm³/mol. The molecule has 2 fully saturated rings. The summed E-state index contributed by atoms with van der Waals surface area (Å²) >= 11 is 6.03. The fraction of sp³-hybridized carbons (Fsp3) is 0.360. The highest BCUT2D eigenvalue weighted by Crippen LogP contribution is 2.28. The van der Waals surface area contributed by atoms with Gasteiger partial charge in [0.15, 0.2) is 0 Å². The van der Waals surface area contributed by atoms with Crippen LogP contribution in [0.3, 0.4) is 0 Å². The zero-order valence-corrected chi connectivity index (χ0v) is 20.4. The van der Waals surface area contributed by atoms with Gasteiger partial charge in [0.1, 0.15) is 5.82 Å². The number of amides is 1. The van der Waals surface area contributed by atoms with Crippen LogP contribution in [-0.2, 0) is 14.8 Å². The standard InChI is InChI=1S/C25H27ClN4O3S/c26-20-6-3-7-21(16-20)27-25(31)19-5-4-12-29(17-19)24-11-8-18-15-22(9-10-23(18)28-24)34(32,33)30-13-1-2-14-30/h3,6-11,15-16,19H,1-2,4-5,12-14,17H2,(H,27,31)/t19-/m1/s1. The molecular weight excluding hydrogens is 472 g/mol. The van der Waals surface area contributed by atoms with Crippen LogP contribution < -0.4 is 10.2 Å². The summed E-state index contributed by atoms with van der Waals surface area (Å²) in [7, 11) is -3.46. The van der Waals surface area contributed by atoms with E-state index in [1.807, 2.05) is 24.3 Å². The molecule has 3 heterocycles. The minimum absolute atomic E-state index is 0.0236. The summed E-state index contributed by atoms with van der Waals surface area (Å²) in [6.07, 6.45) is 3.52. The van der Waals surface area contributed by atoms with Crippen molar-refractivity contribution in [3.63, 3.8) is 0 Å². The van der Waals surface area contributed by atoms with Gasteiger partial charge in [0.05, 0.1) is 16.3 Å². The number of anilines is 2. The molecule has 1 amide bonds. The molecule has 2 aromatic carbocycles. The average molecular weight is 499 g/mol. The first-order valence-corrected chi connectivity index (χ1v) is 13.4. The molecule has 9 heteroatoms. The van der Waals surface area contributed by atoms with Crippen molar-refractivity contribution in [2.45, 2.75) is 30.6 Å². The van der Waals surface area contributed by atoms with Crippen LogP contribution in [0.25, 0.3) is 10.9 Å². The predicted octanol–water partition coefficient (Wildman–Crippen LogP) is 4.53. The van der Waals surface area contributed by atoms with Crippen molar-refractivity contribution in [3.8, 4) is 0 Å². The molecule has 0 radical (unpaired) electrons. The molecule has 34 heavy (non-hydrogen) atoms. The molecule has 5 rings (SSSR count). The van der Waals surface area contributed by atoms with Gasteiger partial charge in [-0.05, 0) is 74.2 Å². The Hall–Kier alpha value is -2.68. The fourth-order valence-electron chi connectivity index (χ4n) is 4.72. The summed E-state index contributed by atoms with van der Waals surface area (Å²) in [6.45, 7) is 2.56. The maximum atomic E-state index is 12.9. The molecule has 2 saturated heterocycles. The third kappa shape index (κ3) is 4.76. The summed E-state index contributed by atoms with van der Waals surface area (Å²) in [5.74, 6) is 0.616. The van der Waals surface area contributed by atoms with Crippen molar-refractivity contribution in [3.05, 3.63) is 59.6 Å². The second kappa shape index (κ2) is 9.52. The van der Waals surface area contributed by atoms with Gasteiger partial charge in [-0.2, -0.15) is 4.31 Å². The number of sulfonamides is 1. The van der Waals surface area contributed by atoms with Crippen molar-refractivity contribution >= 4 is 49.9 Å². The smallest absolute Gasteiger partial charge is 0.243 e. The number of carbonyl (C=O) groups excluding carboxylic acids is 1. The summed E-state index contributed by atoms with van der Waals surface area (Å²) in [5.41, 5.74) is 1.43. The summed E-state index contributed by atoms with van der Waals surface area (Å²) in [6, 6.07) is 16.1. The molecule has 2 aliphatic heterocycles. The van der Waals surface area contributed by atoms with E-state index in [1.54, 1.807) is 34.6 Å². The van der Waals surface area contributed by atoms with Crippen LogP contribution in [0.4, 0.5) is 11.5 Å². The monoisotopic (exact) mass is 498 g/mol. The van der Waals surface area contributed by atoms with Gasteiger partial charge in [0.2, 0.25) is 15.9 Å². The molecule has 0 saturated carbocycles. The molecule has 2 aliphatic rings. The fourth-order valence-corrected chi connectivity index (χ4v) is 6.46. The quantitative estimate of drug-likeness (QED) is 0.559. The second-order valence-corrected chi connectivity index (χ2v) is 11.3. The second-order valence-electron chi connectivity index (χ2n) is 8.92. The highest BCUT2D eigenvalue weighted by molar-refractivity contribution is 7.89. The first kappa shape index (κ1) is 23.1. The number of nitrogens with zero attached hydrogens (tertiary/aromatic N) is 3. The van der Waals surface area contributed by atoms with Crippen molar-refractivity contribution in [2.75, 3.05) is 36.4 Å². The molecule has 3 aromatic rings. The first-order valence-electron chi connectivity index (χ1n) is 11.6. The van der Waals surface area contributed by atoms with Gasteiger partial charge in [-0.3, -0.25) is 4.79 Å². The van der Waals surface area contributed by atoms with Crippen LogP contribution >= 0.6 is 11.6 Å². The van der Waals surface area contributed by atoms with E-state index in [-0.39, 0.29) is 11.8 Å². The Morgan fingerprint density at radius 2 is 1.82 bits per heavy atom. The van der Waals surface area contributed by atoms with E-state index in [9.17, 15) is 13.2 Å². The van der Waals surface area contributed by atoms with Crippen molar-refractivity contribution < 1.29 is 13.2 Å². The number of carbonyl (C=O) groups is 1. The van der Waals surface area contributed by atoms with Crippen LogP contribution in [0, 0.1) is 5.92 Å². The summed E-state index contributed by atoms with van der Waals surface area (Å²) < 4.78 is 27.3. The van der Waals surface area contributed by atoms with Crippen molar-refractivity contribution in [2.24, 2.45) is 5.92 Å². The van der Waals surface area contributed by atoms with Crippen molar-refractivity contribution in [1.29, 1.82) is 0 Å². The van der Waals surface area contributed by atoms with Gasteiger partial charge in [0, 0.05) is 42.3 Å². The number of fused-ring (bicyclic) bond motifs is 1. The molecule has 7 nitrogen and oxygen atoms in total. The molecule has 1 aromatic heterocycles. The molecule has 1 atom stereocenters. The number of hydrogen-bond donors (Lipinski definition) is 1. The Labute approximate surface area is 204 Å². The number of piperidine rings is 1. The third-order valence-electron chi connectivity index (χ3n) is 6.56. The van der Waals surface area contributed by atoms with Crippen LogP contribution in [0.1, 0.15) is 25.7 Å². The van der Waals surface area contributed by atoms with Crippen LogP contribution in [0.15, 0.2) is 59.5 Å². The molecule has 0 spiro atoms. The van der Waals surface area contributed by atoms with Crippen LogP contribution in [-0.4, -0.2) is 49.8 Å². The van der Waals surface area contributed by atoms with Crippen LogP contribution in [0.5, 0.6) is 0 Å². The minimum Gasteiger partial charge on any atom is -0.356 e. The number of rotatable bonds is 5. The van der Waals surface area contributed by atoms with Gasteiger partial charge < -0.3 is 10.2 Å². The lowest BCUT2D eigenvalue weighted by molar-refractivity contribution is -0.120. The van der Waals surface area contributed by atoms with E-state index in [0.29, 0.717) is 35.2 Å². The highest BCUT2D eigenvalue weighted by atomic mass is 35.5. The average Bonchev–Trinajstić information content (AvgIpc) is 3.39. The number of halogens is 1. The van der Waals surface area contributed by atoms with E-state index in [1.165, 1.54) is 0 Å². The number of aromatic nitrogens is 1. The first-order chi connectivity index (χ1) is 16.4. The van der Waals surface area contributed by atoms with Crippen LogP contribution in [0.2, 0.25) is 5.02 Å². The Balaban J connectivity index is 1.32. The Bertz CT molecular complexity index is 1320. The molecule has 1 N–H and O–H groups in total. The lowest BCUT2D eigenvalue weighted by atomic mass is 9.97. The number of pyridine rings is 1. The third-order valence-corrected chi connectivity index (χ3v) is 8.69. The zero-order valence-electron chi connectivity index (χ0n) is 18.8. The molecule has 178 valence electrons. The van der Waals surface area contributed by atoms with Crippen molar-refractivity contribution in [1.82, 2.24) is 9.29 Å². The Morgan fingerprint density at radius 1 is 1.00 bits per heavy atom. The topological polar surface area (TPSA) is 82.6 Å². The normalized spacial score (nSPS) is 19.4. The van der Waals surface area contributed by atoms with E-state index in [0.717, 1.165) is 48.9 Å². The maximum absolute atomic E-state index is 12.9. The summed E-state index contributed by atoms with van der Waals surface area (Å²) in [4.78, 5) is 20.1. The SMILES string of the molecule is O=C(Nc1cccc(Cl)c1)[C@@H]1CCCN(c2ccc3cc(S(=O)(=O)N4CCCC4)ccc3n2)C1. The van der Waals surface area contributed by atoms with E-state index >= 15 is 0 Å². The lowest BCUT2D eigenvalue weighted by Crippen LogP contribution is -2.41. The Kier molecular flexibility index (Phi) is 6.46. The van der Waals surface area contributed by atoms with Gasteiger partial charge in [0.25, 0.3) is 0 Å². The van der Waals surface area contributed by atoms with E-state index in [4.69, 9.17) is 16.6 Å². The van der Waals surface area contributed by atoms with E-state index < -0.39 is 10.0 Å². The molecular formula is C25H27ClN4O3S. The summed E-state index contributed by atoms with van der Waals surface area (Å²) in [5, 5.41) is 4.34. The number of hydrogen-bond acceptors (Lipinski definition) is 5. The number of nitrogens with one attached hydrogen (secondary N) is 1. The molecule has 0 bridgehead atoms. The van der Waals surface area contributed by atoms with Gasteiger partial charge in [-0.1, -0.05) is 17.7 Å². The van der Waals surface area contributed by atoms with Gasteiger partial charge in [-0.25, -0.2) is 13.4 Å². The number of benzene rings is 2. The van der Waals surface area contributed by atoms with E-state index in [2.05, 4.69) is 10.2 Å². The largest absolute Gasteiger partial charge is 0.356 e. The maximum Gasteiger partial charge on any atom is 0.243 e. The minimum atomic E-state index is -3.46. The Morgan fingerprint density at radius 3 is 2.62 bits per heavy atom. The lowest BCUT2D eigenvalue weighted by Gasteiger charge is -2.33. The van der Waals surface area contributed by atoms with Gasteiger partial charge in [-0.15, -0.1) is 0 Å². The highest BCUT2D eigenvalue weighted by Gasteiger charge is 2.28.